The van der Waals surface area contributed by atoms with Crippen LogP contribution in [0, 0.1) is 0 Å². The normalized spacial score (nSPS) is 11.0. The van der Waals surface area contributed by atoms with Crippen molar-refractivity contribution < 1.29 is 4.52 Å². The van der Waals surface area contributed by atoms with Crippen molar-refractivity contribution in [2.75, 3.05) is 0 Å². The second-order valence-electron chi connectivity index (χ2n) is 3.11. The van der Waals surface area contributed by atoms with Gasteiger partial charge in [0.05, 0.1) is 4.88 Å². The average molecular weight is 194 g/mol. The van der Waals surface area contributed by atoms with Crippen molar-refractivity contribution in [3.8, 4) is 10.7 Å². The Labute approximate surface area is 80.4 Å². The van der Waals surface area contributed by atoms with E-state index in [1.165, 1.54) is 11.3 Å². The quantitative estimate of drug-likeness (QED) is 0.737. The summed E-state index contributed by atoms with van der Waals surface area (Å²) in [6.45, 7) is 4.34. The number of aromatic nitrogens is 2. The van der Waals surface area contributed by atoms with E-state index in [9.17, 15) is 0 Å². The van der Waals surface area contributed by atoms with Gasteiger partial charge >= 0.3 is 0 Å². The second kappa shape index (κ2) is 3.30. The van der Waals surface area contributed by atoms with Gasteiger partial charge in [-0.1, -0.05) is 19.0 Å². The fourth-order valence-corrected chi connectivity index (χ4v) is 2.01. The minimum absolute atomic E-state index is 0.561. The molecule has 0 fully saturated rings. The van der Waals surface area contributed by atoms with Crippen LogP contribution in [-0.2, 0) is 0 Å². The van der Waals surface area contributed by atoms with Crippen molar-refractivity contribution in [1.29, 1.82) is 0 Å². The number of hydrogen-bond donors (Lipinski definition) is 0. The Morgan fingerprint density at radius 3 is 2.77 bits per heavy atom. The zero-order valence-electron chi connectivity index (χ0n) is 7.52. The van der Waals surface area contributed by atoms with Crippen LogP contribution in [0.5, 0.6) is 0 Å². The largest absolute Gasteiger partial charge is 0.342 e. The molecular formula is C9H10N2OS. The maximum atomic E-state index is 4.68. The first kappa shape index (κ1) is 8.44. The standard InChI is InChI=1S/C9H10N2OS/c1-6(2)7-3-4-8(13-7)9-10-5-12-11-9/h3-6H,1-2H3. The molecule has 68 valence electrons. The molecule has 0 amide bonds. The predicted octanol–water partition coefficient (Wildman–Crippen LogP) is 2.92. The molecular weight excluding hydrogens is 184 g/mol. The molecule has 0 aliphatic heterocycles. The van der Waals surface area contributed by atoms with Crippen LogP contribution in [0.4, 0.5) is 0 Å². The summed E-state index contributed by atoms with van der Waals surface area (Å²) in [6, 6.07) is 4.14. The third kappa shape index (κ3) is 1.62. The van der Waals surface area contributed by atoms with E-state index in [0.717, 1.165) is 4.88 Å². The molecule has 0 aliphatic rings. The Bertz CT molecular complexity index is 378. The Kier molecular flexibility index (Phi) is 2.14. The average Bonchev–Trinajstić information content (AvgIpc) is 2.75. The molecule has 2 rings (SSSR count). The van der Waals surface area contributed by atoms with Crippen LogP contribution in [0.3, 0.4) is 0 Å². The van der Waals surface area contributed by atoms with Gasteiger partial charge in [-0.15, -0.1) is 11.3 Å². The molecule has 0 atom stereocenters. The summed E-state index contributed by atoms with van der Waals surface area (Å²) >= 11 is 1.71. The number of nitrogens with zero attached hydrogens (tertiary/aromatic N) is 2. The third-order valence-electron chi connectivity index (χ3n) is 1.78. The first-order valence-electron chi connectivity index (χ1n) is 4.14. The van der Waals surface area contributed by atoms with E-state index in [-0.39, 0.29) is 0 Å². The van der Waals surface area contributed by atoms with E-state index < -0.39 is 0 Å². The summed E-state index contributed by atoms with van der Waals surface area (Å²) in [5.74, 6) is 1.24. The molecule has 2 heterocycles. The summed E-state index contributed by atoms with van der Waals surface area (Å²) in [6.07, 6.45) is 1.35. The lowest BCUT2D eigenvalue weighted by Gasteiger charge is -1.96. The molecule has 0 N–H and O–H groups in total. The highest BCUT2D eigenvalue weighted by Gasteiger charge is 2.08. The zero-order chi connectivity index (χ0) is 9.26. The van der Waals surface area contributed by atoms with Crippen LogP contribution >= 0.6 is 11.3 Å². The van der Waals surface area contributed by atoms with Gasteiger partial charge in [0.25, 0.3) is 0 Å². The molecule has 0 aromatic carbocycles. The van der Waals surface area contributed by atoms with Crippen LogP contribution in [-0.4, -0.2) is 10.1 Å². The zero-order valence-corrected chi connectivity index (χ0v) is 8.34. The summed E-state index contributed by atoms with van der Waals surface area (Å²) in [4.78, 5) is 6.41. The van der Waals surface area contributed by atoms with Gasteiger partial charge in [-0.05, 0) is 18.1 Å². The molecule has 13 heavy (non-hydrogen) atoms. The molecule has 2 aromatic heterocycles. The van der Waals surface area contributed by atoms with E-state index in [0.29, 0.717) is 11.7 Å². The molecule has 0 aliphatic carbocycles. The van der Waals surface area contributed by atoms with E-state index in [1.807, 2.05) is 6.07 Å². The highest BCUT2D eigenvalue weighted by molar-refractivity contribution is 7.15. The van der Waals surface area contributed by atoms with Gasteiger partial charge in [0, 0.05) is 4.88 Å². The second-order valence-corrected chi connectivity index (χ2v) is 4.23. The fourth-order valence-electron chi connectivity index (χ4n) is 1.06. The molecule has 0 saturated carbocycles. The minimum Gasteiger partial charge on any atom is -0.342 e. The Morgan fingerprint density at radius 2 is 2.23 bits per heavy atom. The highest BCUT2D eigenvalue weighted by atomic mass is 32.1. The lowest BCUT2D eigenvalue weighted by molar-refractivity contribution is 0.419. The van der Waals surface area contributed by atoms with Crippen molar-refractivity contribution in [3.63, 3.8) is 0 Å². The Morgan fingerprint density at radius 1 is 1.38 bits per heavy atom. The van der Waals surface area contributed by atoms with Gasteiger partial charge in [0.1, 0.15) is 0 Å². The number of rotatable bonds is 2. The van der Waals surface area contributed by atoms with Crippen molar-refractivity contribution in [1.82, 2.24) is 10.1 Å². The van der Waals surface area contributed by atoms with Crippen molar-refractivity contribution >= 4 is 11.3 Å². The first-order chi connectivity index (χ1) is 6.27. The molecule has 0 radical (unpaired) electrons. The van der Waals surface area contributed by atoms with Crippen LogP contribution in [0.15, 0.2) is 23.0 Å². The monoisotopic (exact) mass is 194 g/mol. The van der Waals surface area contributed by atoms with E-state index in [4.69, 9.17) is 0 Å². The molecule has 0 unspecified atom stereocenters. The number of thiophene rings is 1. The topological polar surface area (TPSA) is 38.9 Å². The summed E-state index contributed by atoms with van der Waals surface area (Å²) in [7, 11) is 0. The van der Waals surface area contributed by atoms with Gasteiger partial charge < -0.3 is 4.52 Å². The maximum Gasteiger partial charge on any atom is 0.214 e. The van der Waals surface area contributed by atoms with Crippen LogP contribution < -0.4 is 0 Å². The third-order valence-corrected chi connectivity index (χ3v) is 3.16. The van der Waals surface area contributed by atoms with Gasteiger partial charge in [-0.2, -0.15) is 4.98 Å². The van der Waals surface area contributed by atoms with Crippen LogP contribution in [0.25, 0.3) is 10.7 Å². The van der Waals surface area contributed by atoms with Crippen molar-refractivity contribution in [3.05, 3.63) is 23.4 Å². The van der Waals surface area contributed by atoms with Crippen molar-refractivity contribution in [2.45, 2.75) is 19.8 Å². The van der Waals surface area contributed by atoms with Crippen molar-refractivity contribution in [2.24, 2.45) is 0 Å². The van der Waals surface area contributed by atoms with Gasteiger partial charge in [-0.25, -0.2) is 0 Å². The van der Waals surface area contributed by atoms with Gasteiger partial charge in [-0.3, -0.25) is 0 Å². The Hall–Kier alpha value is -1.16. The summed E-state index contributed by atoms with van der Waals surface area (Å²) < 4.78 is 4.68. The molecule has 0 spiro atoms. The smallest absolute Gasteiger partial charge is 0.214 e. The molecule has 0 saturated heterocycles. The van der Waals surface area contributed by atoms with E-state index in [2.05, 4.69) is 34.6 Å². The molecule has 3 nitrogen and oxygen atoms in total. The van der Waals surface area contributed by atoms with E-state index >= 15 is 0 Å². The molecule has 0 bridgehead atoms. The van der Waals surface area contributed by atoms with Crippen LogP contribution in [0.2, 0.25) is 0 Å². The van der Waals surface area contributed by atoms with Crippen LogP contribution in [0.1, 0.15) is 24.6 Å². The molecule has 4 heteroatoms. The van der Waals surface area contributed by atoms with E-state index in [1.54, 1.807) is 11.3 Å². The summed E-state index contributed by atoms with van der Waals surface area (Å²) in [5, 5.41) is 3.78. The lowest BCUT2D eigenvalue weighted by Crippen LogP contribution is -1.77. The molecule has 2 aromatic rings. The van der Waals surface area contributed by atoms with Gasteiger partial charge in [0.15, 0.2) is 0 Å². The van der Waals surface area contributed by atoms with Gasteiger partial charge in [0.2, 0.25) is 12.2 Å². The Balaban J connectivity index is 2.33. The lowest BCUT2D eigenvalue weighted by atomic mass is 10.2. The predicted molar refractivity (Wildman–Crippen MR) is 51.7 cm³/mol. The first-order valence-corrected chi connectivity index (χ1v) is 4.95. The summed E-state index contributed by atoms with van der Waals surface area (Å²) in [5.41, 5.74) is 0. The number of hydrogen-bond acceptors (Lipinski definition) is 4. The fraction of sp³-hybridized carbons (Fsp3) is 0.333. The maximum absolute atomic E-state index is 4.68. The minimum atomic E-state index is 0.561. The SMILES string of the molecule is CC(C)c1ccc(-c2ncon2)s1. The highest BCUT2D eigenvalue weighted by Crippen LogP contribution is 2.29.